The summed E-state index contributed by atoms with van der Waals surface area (Å²) in [6, 6.07) is 8.06. The van der Waals surface area contributed by atoms with Gasteiger partial charge in [0.05, 0.1) is 31.6 Å². The topological polar surface area (TPSA) is 88.1 Å². The van der Waals surface area contributed by atoms with Crippen LogP contribution in [0.4, 0.5) is 4.39 Å². The molecular weight excluding hydrogens is 313 g/mol. The summed E-state index contributed by atoms with van der Waals surface area (Å²) >= 11 is 0. The Labute approximate surface area is 138 Å². The fourth-order valence-electron chi connectivity index (χ4n) is 2.20. The third kappa shape index (κ3) is 4.04. The first kappa shape index (κ1) is 17.8. The highest BCUT2D eigenvalue weighted by molar-refractivity contribution is 5.36. The van der Waals surface area contributed by atoms with E-state index in [4.69, 9.17) is 10.00 Å². The van der Waals surface area contributed by atoms with E-state index in [2.05, 4.69) is 5.10 Å². The van der Waals surface area contributed by atoms with E-state index in [-0.39, 0.29) is 31.1 Å². The molecule has 0 saturated carbocycles. The number of halogens is 1. The molecule has 0 bridgehead atoms. The molecule has 0 fully saturated rings. The zero-order chi connectivity index (χ0) is 17.7. The Hall–Kier alpha value is -2.56. The number of aliphatic hydroxyl groups is 1. The molecule has 0 radical (unpaired) electrons. The molecule has 0 aliphatic carbocycles. The molecule has 7 heteroatoms. The SMILES string of the molecule is Cc1nn(CC(O)COCc2ccccc2F)c(=O)c(C#N)c1C. The van der Waals surface area contributed by atoms with Gasteiger partial charge in [-0.3, -0.25) is 4.79 Å². The minimum atomic E-state index is -1.00. The molecule has 24 heavy (non-hydrogen) atoms. The van der Waals surface area contributed by atoms with E-state index in [1.54, 1.807) is 32.0 Å². The third-order valence-corrected chi connectivity index (χ3v) is 3.66. The summed E-state index contributed by atoms with van der Waals surface area (Å²) < 4.78 is 19.8. The van der Waals surface area contributed by atoms with Gasteiger partial charge in [-0.15, -0.1) is 0 Å². The molecule has 0 amide bonds. The largest absolute Gasteiger partial charge is 0.389 e. The number of aryl methyl sites for hydroxylation is 1. The van der Waals surface area contributed by atoms with Gasteiger partial charge in [0.2, 0.25) is 0 Å². The lowest BCUT2D eigenvalue weighted by molar-refractivity contribution is 0.0170. The zero-order valence-electron chi connectivity index (χ0n) is 13.5. The highest BCUT2D eigenvalue weighted by Gasteiger charge is 2.14. The molecule has 1 aromatic heterocycles. The summed E-state index contributed by atoms with van der Waals surface area (Å²) in [6.07, 6.45) is -1.00. The molecule has 126 valence electrons. The van der Waals surface area contributed by atoms with Gasteiger partial charge in [0, 0.05) is 5.56 Å². The second-order valence-electron chi connectivity index (χ2n) is 5.44. The van der Waals surface area contributed by atoms with Gasteiger partial charge in [0.1, 0.15) is 17.4 Å². The number of hydrogen-bond acceptors (Lipinski definition) is 5. The summed E-state index contributed by atoms with van der Waals surface area (Å²) in [5.74, 6) is -0.377. The van der Waals surface area contributed by atoms with Crippen molar-refractivity contribution >= 4 is 0 Å². The van der Waals surface area contributed by atoms with Crippen molar-refractivity contribution in [2.45, 2.75) is 33.1 Å². The number of rotatable bonds is 6. The van der Waals surface area contributed by atoms with Crippen molar-refractivity contribution in [1.82, 2.24) is 9.78 Å². The van der Waals surface area contributed by atoms with E-state index in [1.807, 2.05) is 6.07 Å². The van der Waals surface area contributed by atoms with Crippen molar-refractivity contribution in [3.8, 4) is 6.07 Å². The van der Waals surface area contributed by atoms with Crippen molar-refractivity contribution in [1.29, 1.82) is 5.26 Å². The zero-order valence-corrected chi connectivity index (χ0v) is 13.5. The van der Waals surface area contributed by atoms with Crippen LogP contribution in [0.3, 0.4) is 0 Å². The van der Waals surface area contributed by atoms with Crippen molar-refractivity contribution in [3.05, 3.63) is 62.8 Å². The molecule has 1 atom stereocenters. The van der Waals surface area contributed by atoms with Crippen molar-refractivity contribution < 1.29 is 14.2 Å². The fraction of sp³-hybridized carbons (Fsp3) is 0.353. The summed E-state index contributed by atoms with van der Waals surface area (Å²) in [7, 11) is 0. The molecule has 0 aliphatic rings. The summed E-state index contributed by atoms with van der Waals surface area (Å²) in [6.45, 7) is 3.17. The third-order valence-electron chi connectivity index (χ3n) is 3.66. The smallest absolute Gasteiger partial charge is 0.285 e. The van der Waals surface area contributed by atoms with E-state index >= 15 is 0 Å². The van der Waals surface area contributed by atoms with Crippen LogP contribution in [0.25, 0.3) is 0 Å². The predicted octanol–water partition coefficient (Wildman–Crippen LogP) is 1.45. The Balaban J connectivity index is 1.99. The van der Waals surface area contributed by atoms with E-state index in [1.165, 1.54) is 6.07 Å². The normalized spacial score (nSPS) is 12.0. The monoisotopic (exact) mass is 331 g/mol. The lowest BCUT2D eigenvalue weighted by Gasteiger charge is -2.14. The van der Waals surface area contributed by atoms with Crippen molar-refractivity contribution in [2.24, 2.45) is 0 Å². The standard InChI is InChI=1S/C17H18FN3O3/c1-11-12(2)20-21(17(23)15(11)7-19)8-14(22)10-24-9-13-5-3-4-6-16(13)18/h3-6,14,22H,8-10H2,1-2H3. The Bertz CT molecular complexity index is 827. The molecule has 2 aromatic rings. The quantitative estimate of drug-likeness (QED) is 0.865. The first-order valence-corrected chi connectivity index (χ1v) is 7.41. The highest BCUT2D eigenvalue weighted by atomic mass is 19.1. The molecule has 2 rings (SSSR count). The van der Waals surface area contributed by atoms with Gasteiger partial charge in [-0.05, 0) is 25.5 Å². The summed E-state index contributed by atoms with van der Waals surface area (Å²) in [5, 5.41) is 23.1. The van der Waals surface area contributed by atoms with Crippen LogP contribution in [-0.2, 0) is 17.9 Å². The van der Waals surface area contributed by atoms with Crippen molar-refractivity contribution in [3.63, 3.8) is 0 Å². The van der Waals surface area contributed by atoms with Crippen LogP contribution >= 0.6 is 0 Å². The highest BCUT2D eigenvalue weighted by Crippen LogP contribution is 2.08. The maximum atomic E-state index is 13.5. The summed E-state index contributed by atoms with van der Waals surface area (Å²) in [5.41, 5.74) is 0.934. The van der Waals surface area contributed by atoms with Crippen LogP contribution in [-0.4, -0.2) is 27.6 Å². The van der Waals surface area contributed by atoms with Gasteiger partial charge >= 0.3 is 0 Å². The Morgan fingerprint density at radius 2 is 2.12 bits per heavy atom. The number of aromatic nitrogens is 2. The molecule has 0 spiro atoms. The van der Waals surface area contributed by atoms with Gasteiger partial charge in [0.15, 0.2) is 0 Å². The number of ether oxygens (including phenoxy) is 1. The van der Waals surface area contributed by atoms with Crippen LogP contribution in [0.15, 0.2) is 29.1 Å². The van der Waals surface area contributed by atoms with Crippen molar-refractivity contribution in [2.75, 3.05) is 6.61 Å². The van der Waals surface area contributed by atoms with Gasteiger partial charge in [-0.1, -0.05) is 18.2 Å². The lowest BCUT2D eigenvalue weighted by Crippen LogP contribution is -2.33. The first-order valence-electron chi connectivity index (χ1n) is 7.41. The minimum absolute atomic E-state index is 0.0157. The van der Waals surface area contributed by atoms with Gasteiger partial charge in [-0.2, -0.15) is 10.4 Å². The van der Waals surface area contributed by atoms with E-state index in [0.29, 0.717) is 16.8 Å². The molecule has 0 aliphatic heterocycles. The van der Waals surface area contributed by atoms with E-state index in [9.17, 15) is 14.3 Å². The first-order chi connectivity index (χ1) is 11.4. The van der Waals surface area contributed by atoms with E-state index in [0.717, 1.165) is 4.68 Å². The van der Waals surface area contributed by atoms with Gasteiger partial charge in [-0.25, -0.2) is 9.07 Å². The summed E-state index contributed by atoms with van der Waals surface area (Å²) in [4.78, 5) is 12.1. The number of hydrogen-bond donors (Lipinski definition) is 1. The number of benzene rings is 1. The Morgan fingerprint density at radius 1 is 1.42 bits per heavy atom. The average Bonchev–Trinajstić information content (AvgIpc) is 2.55. The van der Waals surface area contributed by atoms with Crippen LogP contribution in [0.2, 0.25) is 0 Å². The van der Waals surface area contributed by atoms with E-state index < -0.39 is 11.7 Å². The number of aliphatic hydroxyl groups excluding tert-OH is 1. The maximum absolute atomic E-state index is 13.5. The average molecular weight is 331 g/mol. The van der Waals surface area contributed by atoms with Gasteiger partial charge in [0.25, 0.3) is 5.56 Å². The van der Waals surface area contributed by atoms with Crippen LogP contribution in [0, 0.1) is 31.0 Å². The minimum Gasteiger partial charge on any atom is -0.389 e. The second-order valence-corrected chi connectivity index (χ2v) is 5.44. The van der Waals surface area contributed by atoms with Crippen LogP contribution in [0.5, 0.6) is 0 Å². The number of nitriles is 1. The Kier molecular flexibility index (Phi) is 5.79. The fourth-order valence-corrected chi connectivity index (χ4v) is 2.20. The molecule has 1 N–H and O–H groups in total. The molecule has 1 heterocycles. The second kappa shape index (κ2) is 7.81. The van der Waals surface area contributed by atoms with Crippen LogP contribution in [0.1, 0.15) is 22.4 Å². The molecular formula is C17H18FN3O3. The molecule has 6 nitrogen and oxygen atoms in total. The lowest BCUT2D eigenvalue weighted by atomic mass is 10.1. The van der Waals surface area contributed by atoms with Gasteiger partial charge < -0.3 is 9.84 Å². The molecule has 1 unspecified atom stereocenters. The predicted molar refractivity (Wildman–Crippen MR) is 84.7 cm³/mol. The molecule has 1 aromatic carbocycles. The maximum Gasteiger partial charge on any atom is 0.285 e. The van der Waals surface area contributed by atoms with Crippen LogP contribution < -0.4 is 5.56 Å². The Morgan fingerprint density at radius 3 is 2.79 bits per heavy atom. The molecule has 0 saturated heterocycles. The number of nitrogens with zero attached hydrogens (tertiary/aromatic N) is 3.